The zero-order valence-corrected chi connectivity index (χ0v) is 9.53. The van der Waals surface area contributed by atoms with Gasteiger partial charge in [-0.1, -0.05) is 24.3 Å². The van der Waals surface area contributed by atoms with Crippen molar-refractivity contribution >= 4 is 22.5 Å². The van der Waals surface area contributed by atoms with Gasteiger partial charge in [-0.2, -0.15) is 0 Å². The fourth-order valence-corrected chi connectivity index (χ4v) is 1.69. The number of fused-ring (bicyclic) bond motifs is 1. The zero-order valence-electron chi connectivity index (χ0n) is 9.53. The largest absolute Gasteiger partial charge is 0.460 e. The summed E-state index contributed by atoms with van der Waals surface area (Å²) < 4.78 is 5.23. The first-order valence-electron chi connectivity index (χ1n) is 5.48. The molecule has 0 aliphatic rings. The number of carbonyl (C=O) groups excluding carboxylic acids is 2. The highest BCUT2D eigenvalue weighted by molar-refractivity contribution is 6.12. The summed E-state index contributed by atoms with van der Waals surface area (Å²) in [7, 11) is 0. The van der Waals surface area contributed by atoms with E-state index in [1.54, 1.807) is 0 Å². The molecule has 0 saturated heterocycles. The van der Waals surface area contributed by atoms with Crippen LogP contribution in [0.5, 0.6) is 0 Å². The van der Waals surface area contributed by atoms with Gasteiger partial charge in [0, 0.05) is 17.3 Å². The van der Waals surface area contributed by atoms with Crippen molar-refractivity contribution in [2.75, 3.05) is 6.54 Å². The van der Waals surface area contributed by atoms with Crippen molar-refractivity contribution in [2.45, 2.75) is 13.3 Å². The summed E-state index contributed by atoms with van der Waals surface area (Å²) in [6.07, 6.45) is 1.35. The normalized spacial score (nSPS) is 10.4. The van der Waals surface area contributed by atoms with E-state index in [2.05, 4.69) is 5.32 Å². The van der Waals surface area contributed by atoms with Gasteiger partial charge in [0.25, 0.3) is 0 Å². The fourth-order valence-electron chi connectivity index (χ4n) is 1.69. The maximum absolute atomic E-state index is 11.9. The van der Waals surface area contributed by atoms with Crippen LogP contribution in [0.15, 0.2) is 34.9 Å². The van der Waals surface area contributed by atoms with Gasteiger partial charge in [-0.3, -0.25) is 9.59 Å². The third-order valence-corrected chi connectivity index (χ3v) is 2.46. The lowest BCUT2D eigenvalue weighted by Crippen LogP contribution is -2.25. The third kappa shape index (κ3) is 2.36. The average Bonchev–Trinajstić information content (AvgIpc) is 2.72. The molecule has 0 bridgehead atoms. The topological polar surface area (TPSA) is 59.3 Å². The molecule has 0 aliphatic carbocycles. The second-order valence-electron chi connectivity index (χ2n) is 3.71. The van der Waals surface area contributed by atoms with E-state index in [4.69, 9.17) is 4.42 Å². The Bertz CT molecular complexity index is 557. The van der Waals surface area contributed by atoms with Crippen molar-refractivity contribution in [3.63, 3.8) is 0 Å². The van der Waals surface area contributed by atoms with Gasteiger partial charge in [0.05, 0.1) is 12.7 Å². The van der Waals surface area contributed by atoms with E-state index in [0.717, 1.165) is 10.8 Å². The summed E-state index contributed by atoms with van der Waals surface area (Å²) in [6, 6.07) is 7.38. The van der Waals surface area contributed by atoms with Crippen LogP contribution in [0.2, 0.25) is 0 Å². The highest BCUT2D eigenvalue weighted by atomic mass is 16.3. The lowest BCUT2D eigenvalue weighted by atomic mass is 10.1. The molecule has 0 aliphatic heterocycles. The second-order valence-corrected chi connectivity index (χ2v) is 3.71. The molecule has 4 nitrogen and oxygen atoms in total. The molecule has 1 N–H and O–H groups in total. The minimum Gasteiger partial charge on any atom is -0.460 e. The highest BCUT2D eigenvalue weighted by Crippen LogP contribution is 2.21. The third-order valence-electron chi connectivity index (χ3n) is 2.46. The predicted octanol–water partition coefficient (Wildman–Crippen LogP) is 2.14. The first kappa shape index (κ1) is 11.4. The number of Topliss-reactive ketones (excluding diaryl/α,β-unsaturated/α-hetero) is 1. The van der Waals surface area contributed by atoms with Gasteiger partial charge in [0.2, 0.25) is 11.7 Å². The molecule has 2 rings (SSSR count). The summed E-state index contributed by atoms with van der Waals surface area (Å²) >= 11 is 0. The second kappa shape index (κ2) is 4.82. The summed E-state index contributed by atoms with van der Waals surface area (Å²) in [5.41, 5.74) is 0. The van der Waals surface area contributed by atoms with E-state index in [-0.39, 0.29) is 23.9 Å². The Hall–Kier alpha value is -2.10. The van der Waals surface area contributed by atoms with Crippen LogP contribution >= 0.6 is 0 Å². The van der Waals surface area contributed by atoms with E-state index in [1.165, 1.54) is 6.26 Å². The van der Waals surface area contributed by atoms with Gasteiger partial charge in [0.15, 0.2) is 5.76 Å². The standard InChI is InChI=1S/C13H13NO3/c1-2-14-12(16)7-11(15)13-10-6-4-3-5-9(10)8-17-13/h3-6,8H,2,7H2,1H3,(H,14,16). The fraction of sp³-hybridized carbons (Fsp3) is 0.231. The van der Waals surface area contributed by atoms with Crippen LogP contribution in [0, 0.1) is 0 Å². The van der Waals surface area contributed by atoms with E-state index in [1.807, 2.05) is 31.2 Å². The number of benzene rings is 1. The number of amides is 1. The minimum absolute atomic E-state index is 0.175. The van der Waals surface area contributed by atoms with Gasteiger partial charge in [-0.15, -0.1) is 0 Å². The predicted molar refractivity (Wildman–Crippen MR) is 63.8 cm³/mol. The summed E-state index contributed by atoms with van der Waals surface area (Å²) in [5, 5.41) is 4.20. The van der Waals surface area contributed by atoms with E-state index in [0.29, 0.717) is 6.54 Å². The average molecular weight is 231 g/mol. The molecule has 88 valence electrons. The van der Waals surface area contributed by atoms with Crippen molar-refractivity contribution in [1.82, 2.24) is 5.32 Å². The van der Waals surface area contributed by atoms with Crippen LogP contribution in [-0.2, 0) is 4.79 Å². The molecule has 1 heterocycles. The molecule has 4 heteroatoms. The van der Waals surface area contributed by atoms with Crippen molar-refractivity contribution in [1.29, 1.82) is 0 Å². The van der Waals surface area contributed by atoms with E-state index in [9.17, 15) is 9.59 Å². The maximum Gasteiger partial charge on any atom is 0.227 e. The lowest BCUT2D eigenvalue weighted by molar-refractivity contribution is -0.120. The SMILES string of the molecule is CCNC(=O)CC(=O)c1occ2ccccc12. The molecular weight excluding hydrogens is 218 g/mol. The Morgan fingerprint density at radius 1 is 1.29 bits per heavy atom. The molecule has 0 unspecified atom stereocenters. The number of ketones is 1. The molecule has 0 saturated carbocycles. The summed E-state index contributed by atoms with van der Waals surface area (Å²) in [4.78, 5) is 23.2. The van der Waals surface area contributed by atoms with Gasteiger partial charge in [-0.05, 0) is 6.92 Å². The quantitative estimate of drug-likeness (QED) is 0.647. The van der Waals surface area contributed by atoms with Crippen LogP contribution in [-0.4, -0.2) is 18.2 Å². The Kier molecular flexibility index (Phi) is 3.23. The molecule has 1 amide bonds. The number of hydrogen-bond donors (Lipinski definition) is 1. The number of furan rings is 1. The van der Waals surface area contributed by atoms with Gasteiger partial charge in [-0.25, -0.2) is 0 Å². The zero-order chi connectivity index (χ0) is 12.3. The van der Waals surface area contributed by atoms with Crippen LogP contribution in [0.1, 0.15) is 23.9 Å². The van der Waals surface area contributed by atoms with Crippen LogP contribution < -0.4 is 5.32 Å². The summed E-state index contributed by atoms with van der Waals surface area (Å²) in [6.45, 7) is 2.33. The number of rotatable bonds is 4. The highest BCUT2D eigenvalue weighted by Gasteiger charge is 2.17. The number of nitrogens with one attached hydrogen (secondary N) is 1. The van der Waals surface area contributed by atoms with Crippen LogP contribution in [0.25, 0.3) is 10.8 Å². The molecule has 0 atom stereocenters. The van der Waals surface area contributed by atoms with Crippen molar-refractivity contribution in [2.24, 2.45) is 0 Å². The molecular formula is C13H13NO3. The molecule has 1 aromatic heterocycles. The first-order valence-corrected chi connectivity index (χ1v) is 5.48. The molecule has 0 radical (unpaired) electrons. The molecule has 2 aromatic rings. The number of carbonyl (C=O) groups is 2. The van der Waals surface area contributed by atoms with Crippen molar-refractivity contribution < 1.29 is 14.0 Å². The van der Waals surface area contributed by atoms with E-state index >= 15 is 0 Å². The molecule has 17 heavy (non-hydrogen) atoms. The van der Waals surface area contributed by atoms with Crippen molar-refractivity contribution in [3.05, 3.63) is 36.3 Å². The molecule has 1 aromatic carbocycles. The smallest absolute Gasteiger partial charge is 0.227 e. The Balaban J connectivity index is 2.22. The van der Waals surface area contributed by atoms with E-state index < -0.39 is 0 Å². The minimum atomic E-state index is -0.294. The first-order chi connectivity index (χ1) is 8.22. The van der Waals surface area contributed by atoms with Crippen LogP contribution in [0.3, 0.4) is 0 Å². The van der Waals surface area contributed by atoms with Gasteiger partial charge >= 0.3 is 0 Å². The maximum atomic E-state index is 11.9. The monoisotopic (exact) mass is 231 g/mol. The Labute approximate surface area is 98.6 Å². The van der Waals surface area contributed by atoms with Crippen LogP contribution in [0.4, 0.5) is 0 Å². The van der Waals surface area contributed by atoms with Gasteiger partial charge < -0.3 is 9.73 Å². The molecule has 0 spiro atoms. The van der Waals surface area contributed by atoms with Gasteiger partial charge in [0.1, 0.15) is 0 Å². The lowest BCUT2D eigenvalue weighted by Gasteiger charge is -1.99. The Morgan fingerprint density at radius 2 is 2.06 bits per heavy atom. The summed E-state index contributed by atoms with van der Waals surface area (Å²) in [5.74, 6) is -0.318. The molecule has 0 fully saturated rings. The van der Waals surface area contributed by atoms with Crippen molar-refractivity contribution in [3.8, 4) is 0 Å². The number of hydrogen-bond acceptors (Lipinski definition) is 3. The Morgan fingerprint density at radius 3 is 2.82 bits per heavy atom.